The maximum absolute atomic E-state index is 12.2. The molecule has 8 heteroatoms. The first-order chi connectivity index (χ1) is 9.89. The monoisotopic (exact) mass is 309 g/mol. The van der Waals surface area contributed by atoms with Gasteiger partial charge in [-0.05, 0) is 37.4 Å². The van der Waals surface area contributed by atoms with E-state index in [-0.39, 0.29) is 19.0 Å². The van der Waals surface area contributed by atoms with Crippen LogP contribution in [0.25, 0.3) is 11.4 Å². The van der Waals surface area contributed by atoms with Crippen LogP contribution in [0.1, 0.15) is 20.8 Å². The van der Waals surface area contributed by atoms with Gasteiger partial charge in [0.1, 0.15) is 6.54 Å². The Labute approximate surface area is 127 Å². The number of tetrazole rings is 1. The van der Waals surface area contributed by atoms with Crippen molar-refractivity contribution in [1.82, 2.24) is 25.1 Å². The molecule has 21 heavy (non-hydrogen) atoms. The molecule has 0 saturated carbocycles. The zero-order chi connectivity index (χ0) is 15.5. The van der Waals surface area contributed by atoms with Crippen molar-refractivity contribution in [2.24, 2.45) is 0 Å². The number of rotatable bonds is 6. The summed E-state index contributed by atoms with van der Waals surface area (Å²) >= 11 is 1.55. The molecule has 0 bridgehead atoms. The van der Waals surface area contributed by atoms with E-state index in [0.29, 0.717) is 12.4 Å². The SMILES string of the molecule is CCN(CC(C)(C)O)C(=O)Cn1nnc(-c2ccsc2)n1. The van der Waals surface area contributed by atoms with E-state index in [2.05, 4.69) is 15.4 Å². The number of likely N-dealkylation sites (N-methyl/N-ethyl adjacent to an activating group) is 1. The summed E-state index contributed by atoms with van der Waals surface area (Å²) in [5, 5.41) is 25.7. The van der Waals surface area contributed by atoms with Crippen molar-refractivity contribution in [2.75, 3.05) is 13.1 Å². The molecule has 1 amide bonds. The summed E-state index contributed by atoms with van der Waals surface area (Å²) in [6.07, 6.45) is 0. The first-order valence-electron chi connectivity index (χ1n) is 6.69. The second-order valence-electron chi connectivity index (χ2n) is 5.38. The molecule has 0 atom stereocenters. The molecule has 0 aliphatic rings. The summed E-state index contributed by atoms with van der Waals surface area (Å²) in [5.41, 5.74) is -0.0360. The fourth-order valence-corrected chi connectivity index (χ4v) is 2.52. The van der Waals surface area contributed by atoms with Gasteiger partial charge in [0.25, 0.3) is 0 Å². The number of thiophene rings is 1. The largest absolute Gasteiger partial charge is 0.389 e. The first-order valence-corrected chi connectivity index (χ1v) is 7.64. The van der Waals surface area contributed by atoms with Crippen LogP contribution < -0.4 is 0 Å². The summed E-state index contributed by atoms with van der Waals surface area (Å²) in [6.45, 7) is 6.02. The van der Waals surface area contributed by atoms with Crippen molar-refractivity contribution in [1.29, 1.82) is 0 Å². The molecule has 0 aromatic carbocycles. The third-order valence-electron chi connectivity index (χ3n) is 2.82. The topological polar surface area (TPSA) is 84.1 Å². The molecule has 0 aliphatic carbocycles. The molecule has 2 heterocycles. The van der Waals surface area contributed by atoms with Crippen LogP contribution in [0, 0.1) is 0 Å². The summed E-state index contributed by atoms with van der Waals surface area (Å²) in [5.74, 6) is 0.364. The minimum Gasteiger partial charge on any atom is -0.389 e. The predicted molar refractivity (Wildman–Crippen MR) is 79.7 cm³/mol. The molecule has 2 aromatic rings. The van der Waals surface area contributed by atoms with Gasteiger partial charge in [-0.2, -0.15) is 16.1 Å². The third-order valence-corrected chi connectivity index (χ3v) is 3.50. The van der Waals surface area contributed by atoms with Gasteiger partial charge in [0.15, 0.2) is 0 Å². The molecule has 1 N–H and O–H groups in total. The normalized spacial score (nSPS) is 11.6. The van der Waals surface area contributed by atoms with Gasteiger partial charge in [-0.25, -0.2) is 0 Å². The lowest BCUT2D eigenvalue weighted by Gasteiger charge is -2.27. The van der Waals surface area contributed by atoms with Crippen molar-refractivity contribution in [3.8, 4) is 11.4 Å². The van der Waals surface area contributed by atoms with Gasteiger partial charge in [0.2, 0.25) is 11.7 Å². The molecule has 0 spiro atoms. The number of aromatic nitrogens is 4. The van der Waals surface area contributed by atoms with Gasteiger partial charge < -0.3 is 10.0 Å². The average Bonchev–Trinajstić information content (AvgIpc) is 3.04. The molecule has 0 saturated heterocycles. The number of carbonyl (C=O) groups excluding carboxylic acids is 1. The summed E-state index contributed by atoms with van der Waals surface area (Å²) in [6, 6.07) is 1.90. The molecule has 0 unspecified atom stereocenters. The van der Waals surface area contributed by atoms with Gasteiger partial charge in [-0.1, -0.05) is 0 Å². The zero-order valence-electron chi connectivity index (χ0n) is 12.4. The highest BCUT2D eigenvalue weighted by Crippen LogP contribution is 2.16. The number of aliphatic hydroxyl groups is 1. The molecule has 0 radical (unpaired) electrons. The van der Waals surface area contributed by atoms with E-state index in [1.165, 1.54) is 4.80 Å². The first kappa shape index (κ1) is 15.6. The molecular formula is C13H19N5O2S. The number of amides is 1. The maximum Gasteiger partial charge on any atom is 0.246 e. The Kier molecular flexibility index (Phi) is 4.69. The van der Waals surface area contributed by atoms with Crippen LogP contribution in [0.3, 0.4) is 0 Å². The smallest absolute Gasteiger partial charge is 0.246 e. The molecule has 7 nitrogen and oxygen atoms in total. The van der Waals surface area contributed by atoms with Crippen LogP contribution in [0.15, 0.2) is 16.8 Å². The van der Waals surface area contributed by atoms with Gasteiger partial charge >= 0.3 is 0 Å². The number of carbonyl (C=O) groups is 1. The van der Waals surface area contributed by atoms with Crippen LogP contribution in [-0.2, 0) is 11.3 Å². The van der Waals surface area contributed by atoms with E-state index in [4.69, 9.17) is 0 Å². The van der Waals surface area contributed by atoms with E-state index in [1.54, 1.807) is 30.1 Å². The second kappa shape index (κ2) is 6.31. The lowest BCUT2D eigenvalue weighted by atomic mass is 10.1. The van der Waals surface area contributed by atoms with E-state index < -0.39 is 5.60 Å². The predicted octanol–water partition coefficient (Wildman–Crippen LogP) is 1.02. The van der Waals surface area contributed by atoms with Crippen molar-refractivity contribution in [3.05, 3.63) is 16.8 Å². The summed E-state index contributed by atoms with van der Waals surface area (Å²) in [7, 11) is 0. The number of nitrogens with zero attached hydrogens (tertiary/aromatic N) is 5. The Hall–Kier alpha value is -1.80. The van der Waals surface area contributed by atoms with Crippen LogP contribution in [-0.4, -0.2) is 54.8 Å². The average molecular weight is 309 g/mol. The number of hydrogen-bond donors (Lipinski definition) is 1. The lowest BCUT2D eigenvalue weighted by molar-refractivity contribution is -0.135. The van der Waals surface area contributed by atoms with Crippen molar-refractivity contribution in [2.45, 2.75) is 32.9 Å². The lowest BCUT2D eigenvalue weighted by Crippen LogP contribution is -2.43. The van der Waals surface area contributed by atoms with Gasteiger partial charge in [-0.15, -0.1) is 10.2 Å². The van der Waals surface area contributed by atoms with Gasteiger partial charge in [0.05, 0.1) is 5.60 Å². The number of hydrogen-bond acceptors (Lipinski definition) is 6. The standard InChI is InChI=1S/C13H19N5O2S/c1-4-17(9-13(2,3)20)11(19)7-18-15-12(14-16-18)10-5-6-21-8-10/h5-6,8,20H,4,7,9H2,1-3H3. The highest BCUT2D eigenvalue weighted by Gasteiger charge is 2.22. The summed E-state index contributed by atoms with van der Waals surface area (Å²) < 4.78 is 0. The fraction of sp³-hybridized carbons (Fsp3) is 0.538. The quantitative estimate of drug-likeness (QED) is 0.861. The van der Waals surface area contributed by atoms with Gasteiger partial charge in [0, 0.05) is 24.0 Å². The van der Waals surface area contributed by atoms with Gasteiger partial charge in [-0.3, -0.25) is 4.79 Å². The Morgan fingerprint density at radius 3 is 2.86 bits per heavy atom. The zero-order valence-corrected chi connectivity index (χ0v) is 13.2. The third kappa shape index (κ3) is 4.33. The Balaban J connectivity index is 2.02. The Morgan fingerprint density at radius 1 is 1.52 bits per heavy atom. The van der Waals surface area contributed by atoms with Crippen molar-refractivity contribution < 1.29 is 9.90 Å². The maximum atomic E-state index is 12.2. The van der Waals surface area contributed by atoms with Crippen LogP contribution >= 0.6 is 11.3 Å². The molecule has 2 rings (SSSR count). The minimum absolute atomic E-state index is 0.0149. The van der Waals surface area contributed by atoms with Crippen LogP contribution in [0.2, 0.25) is 0 Å². The van der Waals surface area contributed by atoms with E-state index in [0.717, 1.165) is 5.56 Å². The van der Waals surface area contributed by atoms with Crippen LogP contribution in [0.5, 0.6) is 0 Å². The second-order valence-corrected chi connectivity index (χ2v) is 6.16. The van der Waals surface area contributed by atoms with Crippen molar-refractivity contribution in [3.63, 3.8) is 0 Å². The van der Waals surface area contributed by atoms with E-state index in [9.17, 15) is 9.90 Å². The minimum atomic E-state index is -0.927. The van der Waals surface area contributed by atoms with Crippen LogP contribution in [0.4, 0.5) is 0 Å². The van der Waals surface area contributed by atoms with E-state index in [1.807, 2.05) is 23.8 Å². The molecule has 0 aliphatic heterocycles. The molecule has 114 valence electrons. The van der Waals surface area contributed by atoms with Crippen molar-refractivity contribution >= 4 is 17.2 Å². The van der Waals surface area contributed by atoms with E-state index >= 15 is 0 Å². The summed E-state index contributed by atoms with van der Waals surface area (Å²) in [4.78, 5) is 15.1. The molecule has 0 fully saturated rings. The molecular weight excluding hydrogens is 290 g/mol. The fourth-order valence-electron chi connectivity index (χ4n) is 1.88. The Bertz CT molecular complexity index is 588. The highest BCUT2D eigenvalue weighted by atomic mass is 32.1. The molecule has 2 aromatic heterocycles. The Morgan fingerprint density at radius 2 is 2.29 bits per heavy atom. The highest BCUT2D eigenvalue weighted by molar-refractivity contribution is 7.08.